The van der Waals surface area contributed by atoms with Crippen LogP contribution in [0.5, 0.6) is 0 Å². The first kappa shape index (κ1) is 23.8. The number of guanidine groups is 1. The molecule has 0 radical (unpaired) electrons. The van der Waals surface area contributed by atoms with Crippen LogP contribution in [0.25, 0.3) is 0 Å². The largest absolute Gasteiger partial charge is 0.459 e. The summed E-state index contributed by atoms with van der Waals surface area (Å²) in [6, 6.07) is 12.9. The first-order valence-electron chi connectivity index (χ1n) is 9.12. The molecule has 3 rings (SSSR count). The highest BCUT2D eigenvalue weighted by molar-refractivity contribution is 14.0. The lowest BCUT2D eigenvalue weighted by Gasteiger charge is -2.22. The van der Waals surface area contributed by atoms with Crippen molar-refractivity contribution in [3.63, 3.8) is 0 Å². The van der Waals surface area contributed by atoms with Crippen molar-refractivity contribution < 1.29 is 9.21 Å². The number of hydrogen-bond acceptors (Lipinski definition) is 3. The summed E-state index contributed by atoms with van der Waals surface area (Å²) in [7, 11) is 5.68. The second-order valence-corrected chi connectivity index (χ2v) is 7.09. The Bertz CT molecular complexity index is 1000. The van der Waals surface area contributed by atoms with Crippen LogP contribution in [0.2, 0.25) is 5.02 Å². The molecule has 0 bridgehead atoms. The van der Waals surface area contributed by atoms with Crippen LogP contribution in [0.3, 0.4) is 0 Å². The van der Waals surface area contributed by atoms with E-state index in [0.717, 1.165) is 17.2 Å². The Kier molecular flexibility index (Phi) is 8.79. The normalized spacial score (nSPS) is 11.0. The van der Waals surface area contributed by atoms with Gasteiger partial charge in [0.15, 0.2) is 11.7 Å². The minimum atomic E-state index is -0.281. The second-order valence-electron chi connectivity index (χ2n) is 6.65. The van der Waals surface area contributed by atoms with Gasteiger partial charge in [-0.1, -0.05) is 23.7 Å². The number of anilines is 1. The third kappa shape index (κ3) is 6.27. The maximum Gasteiger partial charge on any atom is 0.291 e. The Labute approximate surface area is 198 Å². The highest BCUT2D eigenvalue weighted by atomic mass is 127. The van der Waals surface area contributed by atoms with Crippen molar-refractivity contribution in [2.75, 3.05) is 19.4 Å². The molecule has 0 aliphatic carbocycles. The van der Waals surface area contributed by atoms with E-state index in [-0.39, 0.29) is 35.6 Å². The Morgan fingerprint density at radius 2 is 2.07 bits per heavy atom. The summed E-state index contributed by atoms with van der Waals surface area (Å²) in [5, 5.41) is 6.89. The molecule has 30 heavy (non-hydrogen) atoms. The number of hydrogen-bond donors (Lipinski definition) is 2. The summed E-state index contributed by atoms with van der Waals surface area (Å²) < 4.78 is 7.12. The summed E-state index contributed by atoms with van der Waals surface area (Å²) in [5.74, 6) is 0.751. The standard InChI is InChI=1S/C21H24ClN5O2.HI/c1-23-21(27(3)14-18-11-16(22)13-26(18)2)24-12-15-6-4-7-17(10-15)25-20(28)19-8-5-9-29-19;/h4-11,13H,12,14H2,1-3H3,(H,23,24)(H,25,28);1H. The van der Waals surface area contributed by atoms with Crippen molar-refractivity contribution in [3.8, 4) is 0 Å². The Hall–Kier alpha value is -2.46. The lowest BCUT2D eigenvalue weighted by atomic mass is 10.2. The number of carbonyl (C=O) groups is 1. The third-order valence-electron chi connectivity index (χ3n) is 4.43. The fraction of sp³-hybridized carbons (Fsp3) is 0.238. The molecule has 2 aromatic heterocycles. The molecule has 3 aromatic rings. The van der Waals surface area contributed by atoms with Crippen LogP contribution in [0.4, 0.5) is 5.69 Å². The molecule has 2 heterocycles. The number of halogens is 2. The summed E-state index contributed by atoms with van der Waals surface area (Å²) in [4.78, 5) is 18.5. The topological polar surface area (TPSA) is 74.8 Å². The maximum absolute atomic E-state index is 12.1. The van der Waals surface area contributed by atoms with Crippen LogP contribution in [0.1, 0.15) is 21.8 Å². The lowest BCUT2D eigenvalue weighted by molar-refractivity contribution is 0.0996. The van der Waals surface area contributed by atoms with Gasteiger partial charge in [-0.3, -0.25) is 9.79 Å². The number of amides is 1. The van der Waals surface area contributed by atoms with Gasteiger partial charge in [0.2, 0.25) is 0 Å². The fourth-order valence-electron chi connectivity index (χ4n) is 2.97. The van der Waals surface area contributed by atoms with E-state index in [2.05, 4.69) is 15.6 Å². The van der Waals surface area contributed by atoms with Gasteiger partial charge in [-0.2, -0.15) is 0 Å². The minimum absolute atomic E-state index is 0. The molecular weight excluding hydrogens is 517 g/mol. The number of nitrogens with zero attached hydrogens (tertiary/aromatic N) is 3. The van der Waals surface area contributed by atoms with Crippen molar-refractivity contribution in [1.82, 2.24) is 14.8 Å². The van der Waals surface area contributed by atoms with Crippen molar-refractivity contribution >= 4 is 53.1 Å². The SMILES string of the molecule is CN=C(NCc1cccc(NC(=O)c2ccco2)c1)N(C)Cc1cc(Cl)cn1C.I. The highest BCUT2D eigenvalue weighted by Gasteiger charge is 2.11. The van der Waals surface area contributed by atoms with Crippen LogP contribution < -0.4 is 10.6 Å². The molecule has 0 unspecified atom stereocenters. The summed E-state index contributed by atoms with van der Waals surface area (Å²) >= 11 is 6.07. The molecule has 9 heteroatoms. The number of aryl methyl sites for hydroxylation is 1. The van der Waals surface area contributed by atoms with Gasteiger partial charge in [0.05, 0.1) is 17.8 Å². The van der Waals surface area contributed by atoms with E-state index in [1.165, 1.54) is 6.26 Å². The van der Waals surface area contributed by atoms with Crippen molar-refractivity contribution in [2.45, 2.75) is 13.1 Å². The quantitative estimate of drug-likeness (QED) is 0.276. The van der Waals surface area contributed by atoms with Gasteiger partial charge in [0.25, 0.3) is 5.91 Å². The van der Waals surface area contributed by atoms with E-state index in [0.29, 0.717) is 23.8 Å². The number of aliphatic imine (C=N–C) groups is 1. The second kappa shape index (κ2) is 11.1. The van der Waals surface area contributed by atoms with Gasteiger partial charge in [0, 0.05) is 45.3 Å². The molecular formula is C21H25ClIN5O2. The summed E-state index contributed by atoms with van der Waals surface area (Å²) in [6.07, 6.45) is 3.35. The smallest absolute Gasteiger partial charge is 0.291 e. The van der Waals surface area contributed by atoms with Gasteiger partial charge in [0.1, 0.15) is 0 Å². The number of nitrogens with one attached hydrogen (secondary N) is 2. The molecule has 0 aliphatic heterocycles. The lowest BCUT2D eigenvalue weighted by Crippen LogP contribution is -2.38. The predicted octanol–water partition coefficient (Wildman–Crippen LogP) is 4.35. The van der Waals surface area contributed by atoms with Crippen molar-refractivity contribution in [2.24, 2.45) is 12.0 Å². The van der Waals surface area contributed by atoms with Gasteiger partial charge in [-0.25, -0.2) is 0 Å². The molecule has 0 saturated heterocycles. The molecule has 0 spiro atoms. The van der Waals surface area contributed by atoms with E-state index < -0.39 is 0 Å². The van der Waals surface area contributed by atoms with Gasteiger partial charge in [-0.15, -0.1) is 24.0 Å². The summed E-state index contributed by atoms with van der Waals surface area (Å²) in [6.45, 7) is 1.23. The Balaban J connectivity index is 0.00000320. The molecule has 0 aliphatic rings. The van der Waals surface area contributed by atoms with Crippen LogP contribution in [-0.2, 0) is 20.1 Å². The molecule has 7 nitrogen and oxygen atoms in total. The molecule has 1 amide bonds. The molecule has 1 aromatic carbocycles. The molecule has 2 N–H and O–H groups in total. The van der Waals surface area contributed by atoms with Crippen molar-refractivity contribution in [3.05, 3.63) is 77.0 Å². The van der Waals surface area contributed by atoms with Gasteiger partial charge < -0.3 is 24.5 Å². The van der Waals surface area contributed by atoms with E-state index >= 15 is 0 Å². The number of benzene rings is 1. The third-order valence-corrected chi connectivity index (χ3v) is 4.63. The van der Waals surface area contributed by atoms with Gasteiger partial charge >= 0.3 is 0 Å². The molecule has 0 atom stereocenters. The average Bonchev–Trinajstić information content (AvgIpc) is 3.33. The van der Waals surface area contributed by atoms with Crippen LogP contribution in [0, 0.1) is 0 Å². The average molecular weight is 542 g/mol. The number of rotatable bonds is 6. The van der Waals surface area contributed by atoms with E-state index in [1.54, 1.807) is 19.2 Å². The number of carbonyl (C=O) groups excluding carboxylic acids is 1. The Morgan fingerprint density at radius 3 is 2.70 bits per heavy atom. The van der Waals surface area contributed by atoms with Crippen LogP contribution in [0.15, 0.2) is 64.3 Å². The zero-order valence-electron chi connectivity index (χ0n) is 17.1. The predicted molar refractivity (Wildman–Crippen MR) is 131 cm³/mol. The fourth-order valence-corrected chi connectivity index (χ4v) is 3.24. The van der Waals surface area contributed by atoms with E-state index in [1.807, 2.05) is 60.1 Å². The maximum atomic E-state index is 12.1. The molecule has 0 fully saturated rings. The van der Waals surface area contributed by atoms with E-state index in [4.69, 9.17) is 16.0 Å². The Morgan fingerprint density at radius 1 is 1.27 bits per heavy atom. The van der Waals surface area contributed by atoms with E-state index in [9.17, 15) is 4.79 Å². The monoisotopic (exact) mass is 541 g/mol. The molecule has 160 valence electrons. The first-order chi connectivity index (χ1) is 14.0. The van der Waals surface area contributed by atoms with Crippen molar-refractivity contribution in [1.29, 1.82) is 0 Å². The molecule has 0 saturated carbocycles. The number of aromatic nitrogens is 1. The zero-order valence-corrected chi connectivity index (χ0v) is 20.1. The highest BCUT2D eigenvalue weighted by Crippen LogP contribution is 2.15. The number of furan rings is 1. The minimum Gasteiger partial charge on any atom is -0.459 e. The summed E-state index contributed by atoms with van der Waals surface area (Å²) in [5.41, 5.74) is 2.80. The van der Waals surface area contributed by atoms with Crippen LogP contribution >= 0.6 is 35.6 Å². The zero-order chi connectivity index (χ0) is 20.8. The van der Waals surface area contributed by atoms with Gasteiger partial charge in [-0.05, 0) is 35.9 Å². The first-order valence-corrected chi connectivity index (χ1v) is 9.50. The van der Waals surface area contributed by atoms with Crippen LogP contribution in [-0.4, -0.2) is 35.4 Å².